The van der Waals surface area contributed by atoms with Gasteiger partial charge < -0.3 is 10.4 Å². The molecular weight excluding hydrogens is 404 g/mol. The van der Waals surface area contributed by atoms with Crippen molar-refractivity contribution < 1.29 is 18.3 Å². The highest BCUT2D eigenvalue weighted by molar-refractivity contribution is 7.87. The lowest BCUT2D eigenvalue weighted by Crippen LogP contribution is -2.36. The molecule has 3 rings (SSSR count). The van der Waals surface area contributed by atoms with Crippen LogP contribution in [0.15, 0.2) is 41.9 Å². The van der Waals surface area contributed by atoms with Crippen molar-refractivity contribution in [3.8, 4) is 16.4 Å². The fourth-order valence-electron chi connectivity index (χ4n) is 2.45. The molecule has 0 unspecified atom stereocenters. The van der Waals surface area contributed by atoms with Crippen molar-refractivity contribution in [2.24, 2.45) is 5.14 Å². The molecular formula is C16H18N6O4S2. The minimum atomic E-state index is -3.72. The number of aromatic carboxylic acids is 1. The molecule has 0 saturated carbocycles. The number of nitrogens with zero attached hydrogens (tertiary/aromatic N) is 3. The molecule has 12 heteroatoms. The molecule has 3 aromatic rings. The summed E-state index contributed by atoms with van der Waals surface area (Å²) in [6, 6.07) is 9.53. The van der Waals surface area contributed by atoms with Gasteiger partial charge in [0, 0.05) is 42.3 Å². The van der Waals surface area contributed by atoms with E-state index in [1.54, 1.807) is 10.9 Å². The van der Waals surface area contributed by atoms with Crippen LogP contribution in [0.2, 0.25) is 0 Å². The van der Waals surface area contributed by atoms with Crippen LogP contribution in [0.5, 0.6) is 0 Å². The van der Waals surface area contributed by atoms with Crippen LogP contribution in [0, 0.1) is 0 Å². The van der Waals surface area contributed by atoms with Crippen LogP contribution >= 0.6 is 11.3 Å². The van der Waals surface area contributed by atoms with Crippen molar-refractivity contribution in [3.05, 3.63) is 53.2 Å². The Morgan fingerprint density at radius 2 is 2.00 bits per heavy atom. The van der Waals surface area contributed by atoms with Crippen molar-refractivity contribution in [3.63, 3.8) is 0 Å². The zero-order valence-corrected chi connectivity index (χ0v) is 16.2. The molecule has 0 atom stereocenters. The lowest BCUT2D eigenvalue weighted by molar-refractivity contribution is 0.0691. The molecule has 0 fully saturated rings. The van der Waals surface area contributed by atoms with E-state index in [1.165, 1.54) is 16.7 Å². The average molecular weight is 422 g/mol. The predicted octanol–water partition coefficient (Wildman–Crippen LogP) is 0.577. The van der Waals surface area contributed by atoms with Gasteiger partial charge in [0.05, 0.1) is 5.69 Å². The Morgan fingerprint density at radius 1 is 1.25 bits per heavy atom. The first-order chi connectivity index (χ1) is 13.3. The number of thiazole rings is 1. The molecule has 148 valence electrons. The summed E-state index contributed by atoms with van der Waals surface area (Å²) in [4.78, 5) is 15.1. The first kappa shape index (κ1) is 20.1. The topological polar surface area (TPSA) is 152 Å². The number of carboxylic acids is 1. The van der Waals surface area contributed by atoms with Crippen LogP contribution in [0.25, 0.3) is 16.4 Å². The number of carboxylic acid groups (broad SMARTS) is 1. The summed E-state index contributed by atoms with van der Waals surface area (Å²) >= 11 is 1.18. The van der Waals surface area contributed by atoms with E-state index >= 15 is 0 Å². The molecule has 0 amide bonds. The van der Waals surface area contributed by atoms with E-state index in [4.69, 9.17) is 10.2 Å². The highest BCUT2D eigenvalue weighted by Crippen LogP contribution is 2.24. The van der Waals surface area contributed by atoms with Gasteiger partial charge >= 0.3 is 5.97 Å². The summed E-state index contributed by atoms with van der Waals surface area (Å²) in [6.07, 6.45) is 1.77. The molecule has 0 bridgehead atoms. The molecule has 28 heavy (non-hydrogen) atoms. The number of nitrogens with two attached hydrogens (primary N) is 1. The minimum absolute atomic E-state index is 0.0366. The van der Waals surface area contributed by atoms with Crippen LogP contribution in [0.4, 0.5) is 0 Å². The third-order valence-corrected chi connectivity index (χ3v) is 5.10. The molecule has 0 radical (unpaired) electrons. The lowest BCUT2D eigenvalue weighted by atomic mass is 10.1. The molecule has 0 saturated heterocycles. The normalized spacial score (nSPS) is 11.6. The second kappa shape index (κ2) is 8.58. The second-order valence-corrected chi connectivity index (χ2v) is 7.97. The van der Waals surface area contributed by atoms with E-state index in [-0.39, 0.29) is 12.2 Å². The number of hydrogen-bond donors (Lipinski definition) is 4. The van der Waals surface area contributed by atoms with Gasteiger partial charge in [-0.1, -0.05) is 30.3 Å². The third-order valence-electron chi connectivity index (χ3n) is 3.66. The van der Waals surface area contributed by atoms with Crippen LogP contribution < -0.4 is 15.2 Å². The molecule has 5 N–H and O–H groups in total. The van der Waals surface area contributed by atoms with Gasteiger partial charge in [-0.2, -0.15) is 13.5 Å². The van der Waals surface area contributed by atoms with Gasteiger partial charge in [0.25, 0.3) is 10.2 Å². The van der Waals surface area contributed by atoms with E-state index < -0.39 is 16.2 Å². The van der Waals surface area contributed by atoms with Gasteiger partial charge in [0.1, 0.15) is 0 Å². The van der Waals surface area contributed by atoms with Gasteiger partial charge in [-0.25, -0.2) is 24.3 Å². The lowest BCUT2D eigenvalue weighted by Gasteiger charge is -2.05. The van der Waals surface area contributed by atoms with Gasteiger partial charge in [0.2, 0.25) is 5.13 Å². The SMILES string of the molecule is NS(=O)(=O)NCCNCc1cn(-c2nc(C(=O)O)cs2)nc1-c1ccccc1. The molecule has 2 heterocycles. The number of rotatable bonds is 9. The Balaban J connectivity index is 1.80. The van der Waals surface area contributed by atoms with Gasteiger partial charge in [-0.3, -0.25) is 0 Å². The fourth-order valence-corrected chi connectivity index (χ4v) is 3.56. The van der Waals surface area contributed by atoms with E-state index in [1.807, 2.05) is 30.3 Å². The zero-order valence-electron chi connectivity index (χ0n) is 14.6. The molecule has 0 aliphatic heterocycles. The quantitative estimate of drug-likeness (QED) is 0.368. The van der Waals surface area contributed by atoms with Crippen molar-refractivity contribution in [1.82, 2.24) is 24.8 Å². The molecule has 10 nitrogen and oxygen atoms in total. The average Bonchev–Trinajstić information content (AvgIpc) is 3.28. The summed E-state index contributed by atoms with van der Waals surface area (Å²) in [5.41, 5.74) is 2.44. The Morgan fingerprint density at radius 3 is 2.64 bits per heavy atom. The maximum Gasteiger partial charge on any atom is 0.355 e. The van der Waals surface area contributed by atoms with Crippen LogP contribution in [0.3, 0.4) is 0 Å². The molecule has 0 aliphatic rings. The van der Waals surface area contributed by atoms with E-state index in [9.17, 15) is 13.2 Å². The minimum Gasteiger partial charge on any atom is -0.476 e. The van der Waals surface area contributed by atoms with E-state index in [0.29, 0.717) is 18.2 Å². The summed E-state index contributed by atoms with van der Waals surface area (Å²) in [7, 11) is -3.72. The predicted molar refractivity (Wildman–Crippen MR) is 104 cm³/mol. The van der Waals surface area contributed by atoms with Gasteiger partial charge in [-0.15, -0.1) is 11.3 Å². The van der Waals surface area contributed by atoms with Crippen LogP contribution in [0.1, 0.15) is 16.1 Å². The summed E-state index contributed by atoms with van der Waals surface area (Å²) in [5, 5.41) is 23.5. The standard InChI is InChI=1S/C16H18N6O4S2/c17-28(25,26)19-7-6-18-8-12-9-22(16-20-13(10-27-16)15(23)24)21-14(12)11-4-2-1-3-5-11/h1-5,9-10,18-19H,6-8H2,(H,23,24)(H2,17,25,26). The largest absolute Gasteiger partial charge is 0.476 e. The Bertz CT molecular complexity index is 1060. The Kier molecular flexibility index (Phi) is 6.16. The number of hydrogen-bond acceptors (Lipinski definition) is 7. The van der Waals surface area contributed by atoms with Crippen molar-refractivity contribution >= 4 is 27.5 Å². The maximum absolute atomic E-state index is 11.1. The van der Waals surface area contributed by atoms with Crippen LogP contribution in [-0.4, -0.2) is 47.3 Å². The van der Waals surface area contributed by atoms with E-state index in [0.717, 1.165) is 16.8 Å². The number of carbonyl (C=O) groups is 1. The third kappa shape index (κ3) is 5.21. The van der Waals surface area contributed by atoms with Gasteiger partial charge in [0.15, 0.2) is 5.69 Å². The summed E-state index contributed by atoms with van der Waals surface area (Å²) < 4.78 is 25.5. The first-order valence-corrected chi connectivity index (χ1v) is 10.6. The van der Waals surface area contributed by atoms with Crippen molar-refractivity contribution in [2.45, 2.75) is 6.54 Å². The zero-order chi connectivity index (χ0) is 20.1. The highest BCUT2D eigenvalue weighted by atomic mass is 32.2. The first-order valence-electron chi connectivity index (χ1n) is 8.15. The fraction of sp³-hybridized carbons (Fsp3) is 0.188. The Labute approximate surface area is 165 Å². The van der Waals surface area contributed by atoms with E-state index in [2.05, 4.69) is 20.1 Å². The molecule has 2 aromatic heterocycles. The monoisotopic (exact) mass is 422 g/mol. The van der Waals surface area contributed by atoms with Crippen molar-refractivity contribution in [2.75, 3.05) is 13.1 Å². The summed E-state index contributed by atoms with van der Waals surface area (Å²) in [6.45, 7) is 0.950. The van der Waals surface area contributed by atoms with Crippen LogP contribution in [-0.2, 0) is 16.8 Å². The van der Waals surface area contributed by atoms with Gasteiger partial charge in [-0.05, 0) is 0 Å². The number of benzene rings is 1. The highest BCUT2D eigenvalue weighted by Gasteiger charge is 2.15. The molecule has 1 aromatic carbocycles. The molecule has 0 spiro atoms. The number of nitrogens with one attached hydrogen (secondary N) is 2. The maximum atomic E-state index is 11.1. The molecule has 0 aliphatic carbocycles. The Hall–Kier alpha value is -2.64. The summed E-state index contributed by atoms with van der Waals surface area (Å²) in [5.74, 6) is -1.10. The second-order valence-electron chi connectivity index (χ2n) is 5.75. The number of aromatic nitrogens is 3. The smallest absolute Gasteiger partial charge is 0.355 e. The van der Waals surface area contributed by atoms with Crippen molar-refractivity contribution in [1.29, 1.82) is 0 Å².